The van der Waals surface area contributed by atoms with Crippen molar-refractivity contribution in [3.63, 3.8) is 0 Å². The molecular weight excluding hydrogens is 304 g/mol. The Labute approximate surface area is 141 Å². The summed E-state index contributed by atoms with van der Waals surface area (Å²) in [7, 11) is 0. The fourth-order valence-electron chi connectivity index (χ4n) is 3.53. The van der Waals surface area contributed by atoms with Gasteiger partial charge in [0, 0.05) is 56.6 Å². The van der Waals surface area contributed by atoms with Crippen LogP contribution in [0.2, 0.25) is 0 Å². The molecule has 1 amide bonds. The van der Waals surface area contributed by atoms with Gasteiger partial charge in [-0.25, -0.2) is 0 Å². The fraction of sp³-hybridized carbons (Fsp3) is 0.500. The van der Waals surface area contributed by atoms with Crippen LogP contribution in [0.25, 0.3) is 10.8 Å². The van der Waals surface area contributed by atoms with Gasteiger partial charge in [0.25, 0.3) is 0 Å². The van der Waals surface area contributed by atoms with Crippen molar-refractivity contribution >= 4 is 22.5 Å². The normalized spacial score (nSPS) is 21.4. The minimum atomic E-state index is 0.258. The number of aromatic nitrogens is 2. The summed E-state index contributed by atoms with van der Waals surface area (Å²) in [5.41, 5.74) is 0. The smallest absolute Gasteiger partial charge is 0.223 e. The lowest BCUT2D eigenvalue weighted by Crippen LogP contribution is -2.49. The Morgan fingerprint density at radius 1 is 1.21 bits per heavy atom. The van der Waals surface area contributed by atoms with Crippen molar-refractivity contribution in [1.82, 2.24) is 15.1 Å². The molecule has 2 fully saturated rings. The Kier molecular flexibility index (Phi) is 4.30. The van der Waals surface area contributed by atoms with Gasteiger partial charge >= 0.3 is 0 Å². The lowest BCUT2D eigenvalue weighted by atomic mass is 10.0. The van der Waals surface area contributed by atoms with Gasteiger partial charge in [-0.3, -0.25) is 4.79 Å². The number of carbonyl (C=O) groups excluding carboxylic acids is 1. The molecule has 4 rings (SSSR count). The molecule has 2 aromatic rings. The first-order valence-corrected chi connectivity index (χ1v) is 8.62. The topological polar surface area (TPSA) is 58.6 Å². The molecule has 0 bridgehead atoms. The first-order valence-electron chi connectivity index (χ1n) is 8.62. The zero-order valence-electron chi connectivity index (χ0n) is 13.7. The second-order valence-corrected chi connectivity index (χ2v) is 6.56. The monoisotopic (exact) mass is 326 g/mol. The minimum absolute atomic E-state index is 0.258. The van der Waals surface area contributed by atoms with Crippen molar-refractivity contribution in [1.29, 1.82) is 0 Å². The standard InChI is InChI=1S/C18H22N4O2/c23-17(11-14-5-10-24-13-14)21-6-8-22(9-7-21)18-16-4-2-1-3-15(16)12-19-20-18/h1-4,12,14H,5-11,13H2/t14-/m1/s1. The van der Waals surface area contributed by atoms with Crippen molar-refractivity contribution in [3.05, 3.63) is 30.5 Å². The molecule has 2 aliphatic rings. The summed E-state index contributed by atoms with van der Waals surface area (Å²) in [5.74, 6) is 1.58. The maximum Gasteiger partial charge on any atom is 0.223 e. The second-order valence-electron chi connectivity index (χ2n) is 6.56. The fourth-order valence-corrected chi connectivity index (χ4v) is 3.53. The lowest BCUT2D eigenvalue weighted by Gasteiger charge is -2.36. The summed E-state index contributed by atoms with van der Waals surface area (Å²) in [4.78, 5) is 16.6. The lowest BCUT2D eigenvalue weighted by molar-refractivity contribution is -0.132. The Morgan fingerprint density at radius 2 is 2.04 bits per heavy atom. The molecule has 0 unspecified atom stereocenters. The minimum Gasteiger partial charge on any atom is -0.381 e. The Bertz CT molecular complexity index is 717. The maximum atomic E-state index is 12.4. The van der Waals surface area contributed by atoms with Crippen molar-refractivity contribution in [2.45, 2.75) is 12.8 Å². The van der Waals surface area contributed by atoms with Crippen LogP contribution in [0, 0.1) is 5.92 Å². The molecule has 1 aromatic carbocycles. The Morgan fingerprint density at radius 3 is 2.83 bits per heavy atom. The van der Waals surface area contributed by atoms with E-state index in [0.717, 1.165) is 62.4 Å². The second kappa shape index (κ2) is 6.73. The largest absolute Gasteiger partial charge is 0.381 e. The average Bonchev–Trinajstić information content (AvgIpc) is 3.14. The van der Waals surface area contributed by atoms with Crippen LogP contribution in [0.3, 0.4) is 0 Å². The Hall–Kier alpha value is -2.21. The molecular formula is C18H22N4O2. The van der Waals surface area contributed by atoms with E-state index in [1.54, 1.807) is 6.20 Å². The summed E-state index contributed by atoms with van der Waals surface area (Å²) in [6.07, 6.45) is 3.42. The summed E-state index contributed by atoms with van der Waals surface area (Å²) in [6.45, 7) is 4.63. The average molecular weight is 326 g/mol. The highest BCUT2D eigenvalue weighted by molar-refractivity contribution is 5.91. The summed E-state index contributed by atoms with van der Waals surface area (Å²) >= 11 is 0. The van der Waals surface area contributed by atoms with Gasteiger partial charge in [-0.05, 0) is 12.3 Å². The predicted octanol–water partition coefficient (Wildman–Crippen LogP) is 1.70. The quantitative estimate of drug-likeness (QED) is 0.859. The van der Waals surface area contributed by atoms with Gasteiger partial charge in [0.2, 0.25) is 5.91 Å². The number of anilines is 1. The van der Waals surface area contributed by atoms with E-state index in [1.165, 1.54) is 0 Å². The van der Waals surface area contributed by atoms with Gasteiger partial charge in [0.05, 0.1) is 6.20 Å². The number of amides is 1. The first-order chi connectivity index (χ1) is 11.8. The summed E-state index contributed by atoms with van der Waals surface area (Å²) in [5, 5.41) is 10.7. The highest BCUT2D eigenvalue weighted by Crippen LogP contribution is 2.24. The van der Waals surface area contributed by atoms with Crippen LogP contribution in [0.15, 0.2) is 30.5 Å². The predicted molar refractivity (Wildman–Crippen MR) is 91.9 cm³/mol. The third-order valence-electron chi connectivity index (χ3n) is 4.97. The van der Waals surface area contributed by atoms with Crippen LogP contribution in [0.5, 0.6) is 0 Å². The van der Waals surface area contributed by atoms with Gasteiger partial charge in [0.1, 0.15) is 0 Å². The summed E-state index contributed by atoms with van der Waals surface area (Å²) in [6, 6.07) is 8.17. The zero-order valence-corrected chi connectivity index (χ0v) is 13.7. The van der Waals surface area contributed by atoms with Crippen LogP contribution in [0.4, 0.5) is 5.82 Å². The van der Waals surface area contributed by atoms with E-state index < -0.39 is 0 Å². The number of carbonyl (C=O) groups is 1. The highest BCUT2D eigenvalue weighted by atomic mass is 16.5. The molecule has 0 saturated carbocycles. The third-order valence-corrected chi connectivity index (χ3v) is 4.97. The van der Waals surface area contributed by atoms with E-state index >= 15 is 0 Å². The number of hydrogen-bond acceptors (Lipinski definition) is 5. The molecule has 0 N–H and O–H groups in total. The van der Waals surface area contributed by atoms with E-state index in [1.807, 2.05) is 17.0 Å². The van der Waals surface area contributed by atoms with Crippen molar-refractivity contribution in [2.75, 3.05) is 44.3 Å². The maximum absolute atomic E-state index is 12.4. The molecule has 0 aliphatic carbocycles. The number of rotatable bonds is 3. The number of nitrogens with zero attached hydrogens (tertiary/aromatic N) is 4. The number of hydrogen-bond donors (Lipinski definition) is 0. The first kappa shape index (κ1) is 15.3. The van der Waals surface area contributed by atoms with Gasteiger partial charge in [-0.1, -0.05) is 24.3 Å². The number of fused-ring (bicyclic) bond motifs is 1. The van der Waals surface area contributed by atoms with Crippen molar-refractivity contribution in [2.24, 2.45) is 5.92 Å². The number of benzene rings is 1. The molecule has 24 heavy (non-hydrogen) atoms. The highest BCUT2D eigenvalue weighted by Gasteiger charge is 2.26. The molecule has 6 nitrogen and oxygen atoms in total. The van der Waals surface area contributed by atoms with Gasteiger partial charge in [-0.2, -0.15) is 5.10 Å². The molecule has 2 aliphatic heterocycles. The molecule has 0 spiro atoms. The molecule has 6 heteroatoms. The van der Waals surface area contributed by atoms with E-state index in [-0.39, 0.29) is 5.91 Å². The van der Waals surface area contributed by atoms with Gasteiger partial charge in [-0.15, -0.1) is 5.10 Å². The molecule has 3 heterocycles. The van der Waals surface area contributed by atoms with Crippen LogP contribution in [0.1, 0.15) is 12.8 Å². The molecule has 126 valence electrons. The van der Waals surface area contributed by atoms with E-state index in [9.17, 15) is 4.79 Å². The van der Waals surface area contributed by atoms with Crippen LogP contribution < -0.4 is 4.90 Å². The molecule has 1 aromatic heterocycles. The van der Waals surface area contributed by atoms with Gasteiger partial charge in [0.15, 0.2) is 5.82 Å². The third kappa shape index (κ3) is 3.06. The van der Waals surface area contributed by atoms with Gasteiger partial charge < -0.3 is 14.5 Å². The van der Waals surface area contributed by atoms with Crippen molar-refractivity contribution in [3.8, 4) is 0 Å². The molecule has 1 atom stereocenters. The molecule has 2 saturated heterocycles. The Balaban J connectivity index is 1.41. The van der Waals surface area contributed by atoms with E-state index in [2.05, 4.69) is 27.2 Å². The molecule has 0 radical (unpaired) electrons. The zero-order chi connectivity index (χ0) is 16.4. The summed E-state index contributed by atoms with van der Waals surface area (Å²) < 4.78 is 5.37. The number of ether oxygens (including phenoxy) is 1. The van der Waals surface area contributed by atoms with E-state index in [4.69, 9.17) is 4.74 Å². The SMILES string of the molecule is O=C(C[C@H]1CCOC1)N1CCN(c2nncc3ccccc23)CC1. The number of piperazine rings is 1. The van der Waals surface area contributed by atoms with Crippen LogP contribution >= 0.6 is 0 Å². The van der Waals surface area contributed by atoms with Crippen LogP contribution in [-0.4, -0.2) is 60.4 Å². The van der Waals surface area contributed by atoms with E-state index in [0.29, 0.717) is 12.3 Å². The van der Waals surface area contributed by atoms with Crippen LogP contribution in [-0.2, 0) is 9.53 Å². The van der Waals surface area contributed by atoms with Crippen molar-refractivity contribution < 1.29 is 9.53 Å².